The lowest BCUT2D eigenvalue weighted by Gasteiger charge is -2.27. The molecule has 0 aliphatic carbocycles. The van der Waals surface area contributed by atoms with Gasteiger partial charge in [0.15, 0.2) is 0 Å². The molecule has 0 radical (unpaired) electrons. The molecular weight excluding hydrogens is 228 g/mol. The first kappa shape index (κ1) is 13.6. The van der Waals surface area contributed by atoms with Gasteiger partial charge in [0, 0.05) is 38.6 Å². The van der Waals surface area contributed by atoms with Gasteiger partial charge in [-0.25, -0.2) is 0 Å². The van der Waals surface area contributed by atoms with E-state index in [1.807, 2.05) is 12.1 Å². The maximum Gasteiger partial charge on any atom is 0.103 e. The molecule has 0 saturated carbocycles. The molecule has 1 aromatic rings. The van der Waals surface area contributed by atoms with Gasteiger partial charge in [0.05, 0.1) is 19.5 Å². The fourth-order valence-corrected chi connectivity index (χ4v) is 2.21. The quantitative estimate of drug-likeness (QED) is 0.798. The molecule has 2 heterocycles. The second-order valence-electron chi connectivity index (χ2n) is 4.93. The van der Waals surface area contributed by atoms with E-state index in [4.69, 9.17) is 9.15 Å². The first-order valence-corrected chi connectivity index (χ1v) is 6.90. The highest BCUT2D eigenvalue weighted by Gasteiger charge is 2.10. The van der Waals surface area contributed by atoms with Crippen LogP contribution in [-0.4, -0.2) is 50.3 Å². The summed E-state index contributed by atoms with van der Waals surface area (Å²) in [6.45, 7) is 8.32. The zero-order valence-electron chi connectivity index (χ0n) is 11.2. The molecule has 1 fully saturated rings. The van der Waals surface area contributed by atoms with Crippen LogP contribution in [0.5, 0.6) is 0 Å². The van der Waals surface area contributed by atoms with Crippen molar-refractivity contribution in [2.75, 3.05) is 39.4 Å². The molecule has 1 unspecified atom stereocenters. The van der Waals surface area contributed by atoms with Crippen molar-refractivity contribution in [2.45, 2.75) is 25.8 Å². The molecule has 18 heavy (non-hydrogen) atoms. The van der Waals surface area contributed by atoms with Crippen LogP contribution in [-0.2, 0) is 11.2 Å². The van der Waals surface area contributed by atoms with Gasteiger partial charge in [-0.05, 0) is 25.5 Å². The fourth-order valence-electron chi connectivity index (χ4n) is 2.21. The van der Waals surface area contributed by atoms with Gasteiger partial charge < -0.3 is 14.5 Å². The summed E-state index contributed by atoms with van der Waals surface area (Å²) in [4.78, 5) is 2.45. The van der Waals surface area contributed by atoms with Crippen LogP contribution in [0.4, 0.5) is 0 Å². The van der Waals surface area contributed by atoms with Crippen molar-refractivity contribution >= 4 is 0 Å². The predicted octanol–water partition coefficient (Wildman–Crippen LogP) is 1.52. The Balaban J connectivity index is 1.52. The van der Waals surface area contributed by atoms with Crippen LogP contribution >= 0.6 is 0 Å². The lowest BCUT2D eigenvalue weighted by Crippen LogP contribution is -2.41. The standard InChI is InChI=1S/C14H24N2O2/c1-13(4-5-14-3-2-10-18-14)15-6-7-16-8-11-17-12-9-16/h2-3,10,13,15H,4-9,11-12H2,1H3. The molecule has 1 aliphatic heterocycles. The summed E-state index contributed by atoms with van der Waals surface area (Å²) in [6, 6.07) is 4.53. The Morgan fingerprint density at radius 3 is 2.94 bits per heavy atom. The molecule has 0 spiro atoms. The van der Waals surface area contributed by atoms with Gasteiger partial charge in [0.25, 0.3) is 0 Å². The third-order valence-corrected chi connectivity index (χ3v) is 3.43. The Morgan fingerprint density at radius 1 is 1.39 bits per heavy atom. The number of aryl methyl sites for hydroxylation is 1. The van der Waals surface area contributed by atoms with Gasteiger partial charge in [-0.15, -0.1) is 0 Å². The van der Waals surface area contributed by atoms with Gasteiger partial charge in [-0.2, -0.15) is 0 Å². The summed E-state index contributed by atoms with van der Waals surface area (Å²) in [5.41, 5.74) is 0. The zero-order chi connectivity index (χ0) is 12.6. The lowest BCUT2D eigenvalue weighted by molar-refractivity contribution is 0.0381. The Hall–Kier alpha value is -0.840. The number of hydrogen-bond donors (Lipinski definition) is 1. The van der Waals surface area contributed by atoms with Crippen molar-refractivity contribution in [1.29, 1.82) is 0 Å². The molecule has 1 atom stereocenters. The van der Waals surface area contributed by atoms with E-state index in [9.17, 15) is 0 Å². The predicted molar refractivity (Wildman–Crippen MR) is 71.8 cm³/mol. The van der Waals surface area contributed by atoms with E-state index in [1.165, 1.54) is 0 Å². The van der Waals surface area contributed by atoms with Crippen LogP contribution in [0, 0.1) is 0 Å². The van der Waals surface area contributed by atoms with Crippen LogP contribution in [0.1, 0.15) is 19.1 Å². The van der Waals surface area contributed by atoms with Gasteiger partial charge >= 0.3 is 0 Å². The smallest absolute Gasteiger partial charge is 0.103 e. The van der Waals surface area contributed by atoms with Crippen LogP contribution in [0.3, 0.4) is 0 Å². The fraction of sp³-hybridized carbons (Fsp3) is 0.714. The maximum absolute atomic E-state index is 5.33. The average Bonchev–Trinajstić information content (AvgIpc) is 2.91. The van der Waals surface area contributed by atoms with Crippen molar-refractivity contribution in [3.8, 4) is 0 Å². The van der Waals surface area contributed by atoms with Crippen molar-refractivity contribution < 1.29 is 9.15 Å². The zero-order valence-corrected chi connectivity index (χ0v) is 11.2. The first-order valence-electron chi connectivity index (χ1n) is 6.90. The topological polar surface area (TPSA) is 37.6 Å². The second kappa shape index (κ2) is 7.56. The molecule has 0 amide bonds. The van der Waals surface area contributed by atoms with Crippen LogP contribution < -0.4 is 5.32 Å². The minimum Gasteiger partial charge on any atom is -0.469 e. The van der Waals surface area contributed by atoms with E-state index < -0.39 is 0 Å². The summed E-state index contributed by atoms with van der Waals surface area (Å²) in [6.07, 6.45) is 3.88. The SMILES string of the molecule is CC(CCc1ccco1)NCCN1CCOCC1. The van der Waals surface area contributed by atoms with Gasteiger partial charge in [-0.3, -0.25) is 4.90 Å². The van der Waals surface area contributed by atoms with Crippen molar-refractivity contribution in [3.63, 3.8) is 0 Å². The monoisotopic (exact) mass is 252 g/mol. The molecule has 0 aromatic carbocycles. The first-order chi connectivity index (χ1) is 8.84. The highest BCUT2D eigenvalue weighted by atomic mass is 16.5. The van der Waals surface area contributed by atoms with Crippen LogP contribution in [0.2, 0.25) is 0 Å². The molecule has 4 heteroatoms. The Bertz CT molecular complexity index is 308. The molecule has 4 nitrogen and oxygen atoms in total. The molecule has 1 saturated heterocycles. The summed E-state index contributed by atoms with van der Waals surface area (Å²) in [5.74, 6) is 1.08. The summed E-state index contributed by atoms with van der Waals surface area (Å²) < 4.78 is 10.7. The van der Waals surface area contributed by atoms with Crippen molar-refractivity contribution in [1.82, 2.24) is 10.2 Å². The summed E-state index contributed by atoms with van der Waals surface area (Å²) in [5, 5.41) is 3.57. The highest BCUT2D eigenvalue weighted by molar-refractivity contribution is 4.98. The highest BCUT2D eigenvalue weighted by Crippen LogP contribution is 2.05. The molecule has 2 rings (SSSR count). The Morgan fingerprint density at radius 2 is 2.22 bits per heavy atom. The molecule has 1 aromatic heterocycles. The van der Waals surface area contributed by atoms with E-state index in [0.29, 0.717) is 6.04 Å². The van der Waals surface area contributed by atoms with E-state index in [2.05, 4.69) is 17.1 Å². The number of hydrogen-bond acceptors (Lipinski definition) is 4. The summed E-state index contributed by atoms with van der Waals surface area (Å²) >= 11 is 0. The van der Waals surface area contributed by atoms with E-state index >= 15 is 0 Å². The average molecular weight is 252 g/mol. The number of furan rings is 1. The third-order valence-electron chi connectivity index (χ3n) is 3.43. The number of ether oxygens (including phenoxy) is 1. The minimum absolute atomic E-state index is 0.538. The van der Waals surface area contributed by atoms with Crippen LogP contribution in [0.15, 0.2) is 22.8 Å². The lowest BCUT2D eigenvalue weighted by atomic mass is 10.1. The van der Waals surface area contributed by atoms with Crippen molar-refractivity contribution in [3.05, 3.63) is 24.2 Å². The Kier molecular flexibility index (Phi) is 5.71. The van der Waals surface area contributed by atoms with Crippen molar-refractivity contribution in [2.24, 2.45) is 0 Å². The van der Waals surface area contributed by atoms with Gasteiger partial charge in [0.2, 0.25) is 0 Å². The second-order valence-corrected chi connectivity index (χ2v) is 4.93. The molecule has 1 aliphatic rings. The number of rotatable bonds is 7. The molecule has 102 valence electrons. The van der Waals surface area contributed by atoms with Gasteiger partial charge in [-0.1, -0.05) is 0 Å². The van der Waals surface area contributed by atoms with E-state index in [1.54, 1.807) is 6.26 Å². The molecule has 1 N–H and O–H groups in total. The Labute approximate surface area is 109 Å². The summed E-state index contributed by atoms with van der Waals surface area (Å²) in [7, 11) is 0. The minimum atomic E-state index is 0.538. The number of nitrogens with zero attached hydrogens (tertiary/aromatic N) is 1. The third kappa shape index (κ3) is 4.80. The van der Waals surface area contributed by atoms with Crippen LogP contribution in [0.25, 0.3) is 0 Å². The number of morpholine rings is 1. The van der Waals surface area contributed by atoms with E-state index in [0.717, 1.165) is 58.0 Å². The molecular formula is C14H24N2O2. The largest absolute Gasteiger partial charge is 0.469 e. The number of nitrogens with one attached hydrogen (secondary N) is 1. The maximum atomic E-state index is 5.33. The normalized spacial score (nSPS) is 18.9. The van der Waals surface area contributed by atoms with Gasteiger partial charge in [0.1, 0.15) is 5.76 Å². The molecule has 0 bridgehead atoms. The van der Waals surface area contributed by atoms with E-state index in [-0.39, 0.29) is 0 Å².